The molecule has 1 aromatic heterocycles. The molecular formula is C20H14ClF2N3O2. The summed E-state index contributed by atoms with van der Waals surface area (Å²) in [6, 6.07) is 6.21. The molecule has 0 saturated carbocycles. The predicted molar refractivity (Wildman–Crippen MR) is 101 cm³/mol. The molecule has 1 fully saturated rings. The molecule has 28 heavy (non-hydrogen) atoms. The molecular weight excluding hydrogens is 388 g/mol. The number of H-pyrrole nitrogens is 1. The first-order valence-electron chi connectivity index (χ1n) is 8.40. The summed E-state index contributed by atoms with van der Waals surface area (Å²) < 4.78 is 26.4. The average molecular weight is 402 g/mol. The summed E-state index contributed by atoms with van der Waals surface area (Å²) in [4.78, 5) is 28.9. The summed E-state index contributed by atoms with van der Waals surface area (Å²) in [5, 5.41) is 4.00. The van der Waals surface area contributed by atoms with E-state index in [0.29, 0.717) is 16.1 Å². The van der Waals surface area contributed by atoms with Gasteiger partial charge in [-0.25, -0.2) is 13.6 Å². The van der Waals surface area contributed by atoms with E-state index in [2.05, 4.69) is 10.3 Å². The van der Waals surface area contributed by atoms with Crippen LogP contribution in [0.15, 0.2) is 42.2 Å². The molecule has 0 bridgehead atoms. The van der Waals surface area contributed by atoms with Gasteiger partial charge in [-0.2, -0.15) is 0 Å². The van der Waals surface area contributed by atoms with Crippen molar-refractivity contribution in [3.63, 3.8) is 0 Å². The standard InChI is InChI=1S/C20H14ClF2N3O2/c1-10-14(21)4-3-13-12(8-24-18(10)13)7-17-19(27)26(20(28)25-17)9-11-2-5-15(22)16(23)6-11/h2-8,24H,9H2,1H3,(H,25,28). The van der Waals surface area contributed by atoms with Crippen molar-refractivity contribution in [2.24, 2.45) is 0 Å². The maximum absolute atomic E-state index is 13.4. The van der Waals surface area contributed by atoms with E-state index in [0.717, 1.165) is 33.5 Å². The van der Waals surface area contributed by atoms with E-state index < -0.39 is 23.6 Å². The molecule has 5 nitrogen and oxygen atoms in total. The average Bonchev–Trinajstić information content (AvgIpc) is 3.18. The third-order valence-electron chi connectivity index (χ3n) is 4.67. The highest BCUT2D eigenvalue weighted by atomic mass is 35.5. The highest BCUT2D eigenvalue weighted by Gasteiger charge is 2.33. The van der Waals surface area contributed by atoms with Crippen LogP contribution in [0.1, 0.15) is 16.7 Å². The zero-order valence-corrected chi connectivity index (χ0v) is 15.4. The molecule has 1 saturated heterocycles. The van der Waals surface area contributed by atoms with Crippen molar-refractivity contribution in [2.45, 2.75) is 13.5 Å². The number of imide groups is 1. The van der Waals surface area contributed by atoms with Crippen LogP contribution in [0.25, 0.3) is 17.0 Å². The second-order valence-corrected chi connectivity index (χ2v) is 6.87. The molecule has 2 aromatic carbocycles. The van der Waals surface area contributed by atoms with Gasteiger partial charge in [-0.05, 0) is 42.3 Å². The van der Waals surface area contributed by atoms with E-state index in [1.54, 1.807) is 18.3 Å². The molecule has 0 atom stereocenters. The first-order valence-corrected chi connectivity index (χ1v) is 8.77. The van der Waals surface area contributed by atoms with Gasteiger partial charge in [0.05, 0.1) is 12.1 Å². The maximum atomic E-state index is 13.4. The first-order chi connectivity index (χ1) is 13.3. The lowest BCUT2D eigenvalue weighted by Crippen LogP contribution is -2.30. The number of halogens is 3. The summed E-state index contributed by atoms with van der Waals surface area (Å²) in [5.74, 6) is -2.57. The number of amides is 3. The summed E-state index contributed by atoms with van der Waals surface area (Å²) in [7, 11) is 0. The number of nitrogens with zero attached hydrogens (tertiary/aromatic N) is 1. The zero-order valence-electron chi connectivity index (χ0n) is 14.6. The van der Waals surface area contributed by atoms with Gasteiger partial charge in [0, 0.05) is 22.2 Å². The molecule has 0 unspecified atom stereocenters. The Balaban J connectivity index is 1.63. The zero-order chi connectivity index (χ0) is 20.0. The van der Waals surface area contributed by atoms with Crippen molar-refractivity contribution >= 4 is 40.5 Å². The predicted octanol–water partition coefficient (Wildman–Crippen LogP) is 4.50. The minimum atomic E-state index is -1.03. The second-order valence-electron chi connectivity index (χ2n) is 6.47. The van der Waals surface area contributed by atoms with Crippen LogP contribution in [0.3, 0.4) is 0 Å². The Labute approximate surface area is 163 Å². The quantitative estimate of drug-likeness (QED) is 0.501. The molecule has 0 radical (unpaired) electrons. The Morgan fingerprint density at radius 3 is 2.68 bits per heavy atom. The SMILES string of the molecule is Cc1c(Cl)ccc2c(C=C3NC(=O)N(Cc4ccc(F)c(F)c4)C3=O)c[nH]c12. The van der Waals surface area contributed by atoms with E-state index >= 15 is 0 Å². The summed E-state index contributed by atoms with van der Waals surface area (Å²) in [6.45, 7) is 1.71. The molecule has 3 aromatic rings. The number of aryl methyl sites for hydroxylation is 1. The van der Waals surface area contributed by atoms with Gasteiger partial charge in [0.1, 0.15) is 5.70 Å². The number of nitrogens with one attached hydrogen (secondary N) is 2. The third kappa shape index (κ3) is 3.03. The molecule has 1 aliphatic heterocycles. The Kier molecular flexibility index (Phi) is 4.39. The van der Waals surface area contributed by atoms with Crippen LogP contribution in [0.2, 0.25) is 5.02 Å². The highest BCUT2D eigenvalue weighted by molar-refractivity contribution is 6.32. The van der Waals surface area contributed by atoms with Gasteiger partial charge in [-0.15, -0.1) is 0 Å². The van der Waals surface area contributed by atoms with Crippen molar-refractivity contribution in [1.82, 2.24) is 15.2 Å². The van der Waals surface area contributed by atoms with E-state index in [-0.39, 0.29) is 12.2 Å². The number of urea groups is 1. The van der Waals surface area contributed by atoms with E-state index in [1.165, 1.54) is 6.07 Å². The Bertz CT molecular complexity index is 1170. The molecule has 4 rings (SSSR count). The van der Waals surface area contributed by atoms with Crippen LogP contribution >= 0.6 is 11.6 Å². The topological polar surface area (TPSA) is 65.2 Å². The van der Waals surface area contributed by atoms with Crippen LogP contribution in [0.4, 0.5) is 13.6 Å². The molecule has 1 aliphatic rings. The number of fused-ring (bicyclic) bond motifs is 1. The maximum Gasteiger partial charge on any atom is 0.329 e. The first kappa shape index (κ1) is 18.2. The lowest BCUT2D eigenvalue weighted by molar-refractivity contribution is -0.123. The van der Waals surface area contributed by atoms with E-state index in [4.69, 9.17) is 11.6 Å². The van der Waals surface area contributed by atoms with Crippen LogP contribution < -0.4 is 5.32 Å². The lowest BCUT2D eigenvalue weighted by Gasteiger charge is -2.11. The fourth-order valence-corrected chi connectivity index (χ4v) is 3.31. The van der Waals surface area contributed by atoms with E-state index in [9.17, 15) is 18.4 Å². The minimum Gasteiger partial charge on any atom is -0.360 e. The largest absolute Gasteiger partial charge is 0.360 e. The van der Waals surface area contributed by atoms with Gasteiger partial charge in [0.15, 0.2) is 11.6 Å². The number of aromatic nitrogens is 1. The number of hydrogen-bond donors (Lipinski definition) is 2. The molecule has 2 heterocycles. The number of aromatic amines is 1. The molecule has 8 heteroatoms. The van der Waals surface area contributed by atoms with Crippen molar-refractivity contribution in [3.8, 4) is 0 Å². The third-order valence-corrected chi connectivity index (χ3v) is 5.08. The van der Waals surface area contributed by atoms with Crippen LogP contribution in [0, 0.1) is 18.6 Å². The van der Waals surface area contributed by atoms with Gasteiger partial charge >= 0.3 is 6.03 Å². The minimum absolute atomic E-state index is 0.0982. The number of hydrogen-bond acceptors (Lipinski definition) is 2. The normalized spacial score (nSPS) is 15.7. The fourth-order valence-electron chi connectivity index (χ4n) is 3.15. The molecule has 3 amide bonds. The molecule has 2 N–H and O–H groups in total. The molecule has 0 spiro atoms. The van der Waals surface area contributed by atoms with Crippen molar-refractivity contribution in [3.05, 3.63) is 75.6 Å². The van der Waals surface area contributed by atoms with Gasteiger partial charge in [0.25, 0.3) is 5.91 Å². The van der Waals surface area contributed by atoms with Crippen molar-refractivity contribution in [2.75, 3.05) is 0 Å². The number of carbonyl (C=O) groups is 2. The van der Waals surface area contributed by atoms with Gasteiger partial charge < -0.3 is 10.3 Å². The van der Waals surface area contributed by atoms with Gasteiger partial charge in [0.2, 0.25) is 0 Å². The van der Waals surface area contributed by atoms with Gasteiger partial charge in [-0.1, -0.05) is 23.7 Å². The van der Waals surface area contributed by atoms with Crippen molar-refractivity contribution in [1.29, 1.82) is 0 Å². The number of benzene rings is 2. The Morgan fingerprint density at radius 1 is 1.14 bits per heavy atom. The summed E-state index contributed by atoms with van der Waals surface area (Å²) in [5.41, 5.74) is 2.84. The van der Waals surface area contributed by atoms with Gasteiger partial charge in [-0.3, -0.25) is 9.69 Å². The molecule has 0 aliphatic carbocycles. The lowest BCUT2D eigenvalue weighted by atomic mass is 10.1. The van der Waals surface area contributed by atoms with E-state index in [1.807, 2.05) is 13.0 Å². The van der Waals surface area contributed by atoms with Crippen LogP contribution in [0.5, 0.6) is 0 Å². The highest BCUT2D eigenvalue weighted by Crippen LogP contribution is 2.29. The molecule has 142 valence electrons. The summed E-state index contributed by atoms with van der Waals surface area (Å²) in [6.07, 6.45) is 3.29. The number of rotatable bonds is 3. The van der Waals surface area contributed by atoms with Crippen LogP contribution in [-0.4, -0.2) is 21.8 Å². The number of carbonyl (C=O) groups excluding carboxylic acids is 2. The second kappa shape index (κ2) is 6.76. The Hall–Kier alpha value is -3.19. The Morgan fingerprint density at radius 2 is 1.93 bits per heavy atom. The van der Waals surface area contributed by atoms with Crippen LogP contribution in [-0.2, 0) is 11.3 Å². The fraction of sp³-hybridized carbons (Fsp3) is 0.100. The monoisotopic (exact) mass is 401 g/mol. The van der Waals surface area contributed by atoms with Crippen molar-refractivity contribution < 1.29 is 18.4 Å². The smallest absolute Gasteiger partial charge is 0.329 e. The summed E-state index contributed by atoms with van der Waals surface area (Å²) >= 11 is 6.12.